The summed E-state index contributed by atoms with van der Waals surface area (Å²) in [5.74, 6) is 2.06. The Hall–Kier alpha value is -1.65. The third-order valence-corrected chi connectivity index (χ3v) is 14.5. The van der Waals surface area contributed by atoms with Gasteiger partial charge in [0, 0.05) is 0 Å². The first-order valence-corrected chi connectivity index (χ1v) is 16.5. The van der Waals surface area contributed by atoms with Crippen LogP contribution >= 0.6 is 0 Å². The Morgan fingerprint density at radius 3 is 2.34 bits per heavy atom. The van der Waals surface area contributed by atoms with Crippen LogP contribution in [0.5, 0.6) is 0 Å². The van der Waals surface area contributed by atoms with Gasteiger partial charge >= 0.3 is 5.97 Å². The number of fused-ring (bicyclic) bond motifs is 7. The van der Waals surface area contributed by atoms with Gasteiger partial charge in [-0.2, -0.15) is 0 Å². The minimum absolute atomic E-state index is 0.00819. The number of aliphatic hydroxyl groups excluding tert-OH is 2. The molecule has 0 aromatic heterocycles. The minimum Gasteiger partial charge on any atom is -0.460 e. The second-order valence-electron chi connectivity index (χ2n) is 16.4. The van der Waals surface area contributed by atoms with E-state index in [1.54, 1.807) is 0 Å². The van der Waals surface area contributed by atoms with Crippen molar-refractivity contribution >= 4 is 5.97 Å². The maximum atomic E-state index is 14.2. The van der Waals surface area contributed by atoms with Crippen LogP contribution in [0.15, 0.2) is 42.0 Å². The summed E-state index contributed by atoms with van der Waals surface area (Å²) in [6.45, 7) is 17.0. The predicted octanol–water partition coefficient (Wildman–Crippen LogP) is 7.72. The average Bonchev–Trinajstić information content (AvgIpc) is 2.93. The molecule has 0 unspecified atom stereocenters. The van der Waals surface area contributed by atoms with Crippen molar-refractivity contribution in [1.29, 1.82) is 0 Å². The lowest BCUT2D eigenvalue weighted by Gasteiger charge is -2.71. The summed E-state index contributed by atoms with van der Waals surface area (Å²) < 4.78 is 6.17. The summed E-state index contributed by atoms with van der Waals surface area (Å²) >= 11 is 0. The molecular formula is C37H54O4. The van der Waals surface area contributed by atoms with Crippen molar-refractivity contribution in [1.82, 2.24) is 0 Å². The van der Waals surface area contributed by atoms with Gasteiger partial charge in [0.1, 0.15) is 6.61 Å². The number of carbonyl (C=O) groups is 1. The monoisotopic (exact) mass is 562 g/mol. The van der Waals surface area contributed by atoms with Crippen LogP contribution in [0.4, 0.5) is 0 Å². The molecule has 0 spiro atoms. The van der Waals surface area contributed by atoms with Gasteiger partial charge in [-0.15, -0.1) is 0 Å². The molecule has 0 saturated heterocycles. The van der Waals surface area contributed by atoms with E-state index >= 15 is 0 Å². The van der Waals surface area contributed by atoms with Crippen molar-refractivity contribution in [3.8, 4) is 0 Å². The van der Waals surface area contributed by atoms with Crippen molar-refractivity contribution in [2.75, 3.05) is 0 Å². The SMILES string of the molecule is C[C@H]1[C@H](C)CC[C@]2(C(=O)OCc3ccccc3)CC[C@]3(C)C(=CC[C@@H]4[C@@]5(C)C[C@@H](O)[C@H](O)C(C)(C)[C@@H]5CC[C@]43C)[C@H]12. The van der Waals surface area contributed by atoms with Gasteiger partial charge in [0.25, 0.3) is 0 Å². The zero-order valence-electron chi connectivity index (χ0n) is 26.6. The van der Waals surface area contributed by atoms with Gasteiger partial charge in [-0.05, 0) is 108 Å². The third-order valence-electron chi connectivity index (χ3n) is 14.5. The van der Waals surface area contributed by atoms with E-state index in [9.17, 15) is 15.0 Å². The first kappa shape index (κ1) is 29.4. The highest BCUT2D eigenvalue weighted by atomic mass is 16.5. The molecule has 11 atom stereocenters. The Kier molecular flexibility index (Phi) is 6.95. The first-order valence-electron chi connectivity index (χ1n) is 16.5. The molecule has 0 aliphatic heterocycles. The number of carbonyl (C=O) groups excluding carboxylic acids is 1. The zero-order valence-corrected chi connectivity index (χ0v) is 26.6. The number of aliphatic hydroxyl groups is 2. The van der Waals surface area contributed by atoms with Crippen LogP contribution in [-0.2, 0) is 16.1 Å². The fourth-order valence-corrected chi connectivity index (χ4v) is 11.8. The Morgan fingerprint density at radius 2 is 1.63 bits per heavy atom. The molecule has 0 radical (unpaired) electrons. The summed E-state index contributed by atoms with van der Waals surface area (Å²) in [6.07, 6.45) is 9.03. The van der Waals surface area contributed by atoms with E-state index in [1.807, 2.05) is 30.3 Å². The number of rotatable bonds is 3. The van der Waals surface area contributed by atoms with E-state index < -0.39 is 17.6 Å². The van der Waals surface area contributed by atoms with Crippen LogP contribution in [0.3, 0.4) is 0 Å². The molecule has 4 nitrogen and oxygen atoms in total. The predicted molar refractivity (Wildman–Crippen MR) is 163 cm³/mol. The van der Waals surface area contributed by atoms with Gasteiger partial charge in [-0.1, -0.05) is 90.4 Å². The summed E-state index contributed by atoms with van der Waals surface area (Å²) in [7, 11) is 0. The van der Waals surface area contributed by atoms with Crippen molar-refractivity contribution in [2.45, 2.75) is 119 Å². The second-order valence-corrected chi connectivity index (χ2v) is 16.4. The number of ether oxygens (including phenoxy) is 1. The maximum absolute atomic E-state index is 14.2. The van der Waals surface area contributed by atoms with Crippen LogP contribution in [0.25, 0.3) is 0 Å². The zero-order chi connectivity index (χ0) is 29.6. The van der Waals surface area contributed by atoms with Crippen LogP contribution < -0.4 is 0 Å². The molecule has 0 amide bonds. The summed E-state index contributed by atoms with van der Waals surface area (Å²) in [5.41, 5.74) is 1.89. The van der Waals surface area contributed by atoms with E-state index in [4.69, 9.17) is 4.74 Å². The number of benzene rings is 1. The van der Waals surface area contributed by atoms with E-state index in [2.05, 4.69) is 54.5 Å². The van der Waals surface area contributed by atoms with E-state index in [1.165, 1.54) is 5.57 Å². The highest BCUT2D eigenvalue weighted by molar-refractivity contribution is 5.79. The minimum atomic E-state index is -0.676. The Balaban J connectivity index is 1.38. The second kappa shape index (κ2) is 9.68. The molecule has 0 heterocycles. The van der Waals surface area contributed by atoms with E-state index in [-0.39, 0.29) is 33.5 Å². The van der Waals surface area contributed by atoms with Gasteiger partial charge in [-0.3, -0.25) is 4.79 Å². The van der Waals surface area contributed by atoms with Gasteiger partial charge < -0.3 is 14.9 Å². The molecule has 4 saturated carbocycles. The number of esters is 1. The first-order chi connectivity index (χ1) is 19.2. The van der Waals surface area contributed by atoms with Gasteiger partial charge in [0.15, 0.2) is 0 Å². The molecule has 5 aliphatic carbocycles. The van der Waals surface area contributed by atoms with Crippen molar-refractivity contribution in [3.63, 3.8) is 0 Å². The number of allylic oxidation sites excluding steroid dienone is 2. The molecule has 226 valence electrons. The molecule has 1 aromatic rings. The lowest BCUT2D eigenvalue weighted by atomic mass is 9.33. The number of hydrogen-bond acceptors (Lipinski definition) is 4. The van der Waals surface area contributed by atoms with Crippen molar-refractivity contribution < 1.29 is 19.7 Å². The molecule has 1 aromatic carbocycles. The maximum Gasteiger partial charge on any atom is 0.313 e. The van der Waals surface area contributed by atoms with E-state index in [0.717, 1.165) is 50.5 Å². The quantitative estimate of drug-likeness (QED) is 0.292. The molecule has 5 aliphatic rings. The molecule has 4 heteroatoms. The van der Waals surface area contributed by atoms with Gasteiger partial charge in [0.2, 0.25) is 0 Å². The van der Waals surface area contributed by atoms with Crippen LogP contribution in [-0.4, -0.2) is 28.4 Å². The molecular weight excluding hydrogens is 508 g/mol. The van der Waals surface area contributed by atoms with Gasteiger partial charge in [-0.25, -0.2) is 0 Å². The lowest BCUT2D eigenvalue weighted by Crippen LogP contribution is -2.67. The molecule has 0 bridgehead atoms. The normalized spacial score (nSPS) is 48.5. The summed E-state index contributed by atoms with van der Waals surface area (Å²) in [5, 5.41) is 22.1. The molecule has 41 heavy (non-hydrogen) atoms. The number of hydrogen-bond donors (Lipinski definition) is 2. The summed E-state index contributed by atoms with van der Waals surface area (Å²) in [4.78, 5) is 14.2. The largest absolute Gasteiger partial charge is 0.460 e. The Bertz CT molecular complexity index is 1200. The van der Waals surface area contributed by atoms with Crippen molar-refractivity contribution in [3.05, 3.63) is 47.5 Å². The standard InChI is InChI=1S/C37H54O4/c1-23-15-18-37(32(40)41-22-25-11-9-8-10-12-25)20-19-35(6)26(30(37)24(23)2)13-14-29-34(5)21-27(38)31(39)33(3,4)28(34)16-17-36(29,35)7/h8-13,23-24,27-31,38-39H,14-22H2,1-7H3/t23-,24+,27-,28+,29-,30+,31+,34+,35-,36-,37+/m1/s1. The average molecular weight is 563 g/mol. The third kappa shape index (κ3) is 3.94. The molecule has 4 fully saturated rings. The topological polar surface area (TPSA) is 66.8 Å². The molecule has 2 N–H and O–H groups in total. The Labute approximate surface area is 248 Å². The Morgan fingerprint density at radius 1 is 0.927 bits per heavy atom. The summed E-state index contributed by atoms with van der Waals surface area (Å²) in [6, 6.07) is 10.1. The van der Waals surface area contributed by atoms with E-state index in [0.29, 0.717) is 36.7 Å². The van der Waals surface area contributed by atoms with Crippen molar-refractivity contribution in [2.24, 2.45) is 56.7 Å². The van der Waals surface area contributed by atoms with Crippen LogP contribution in [0, 0.1) is 56.7 Å². The van der Waals surface area contributed by atoms with Gasteiger partial charge in [0.05, 0.1) is 17.6 Å². The fraction of sp³-hybridized carbons (Fsp3) is 0.757. The fourth-order valence-electron chi connectivity index (χ4n) is 11.8. The lowest BCUT2D eigenvalue weighted by molar-refractivity contribution is -0.232. The molecule has 6 rings (SSSR count). The van der Waals surface area contributed by atoms with Crippen LogP contribution in [0.2, 0.25) is 0 Å². The smallest absolute Gasteiger partial charge is 0.313 e. The van der Waals surface area contributed by atoms with Crippen LogP contribution in [0.1, 0.15) is 105 Å². The highest BCUT2D eigenvalue weighted by Gasteiger charge is 2.70. The highest BCUT2D eigenvalue weighted by Crippen LogP contribution is 2.75.